The molecule has 0 aliphatic carbocycles. The summed E-state index contributed by atoms with van der Waals surface area (Å²) in [6.45, 7) is 14.4. The highest BCUT2D eigenvalue weighted by molar-refractivity contribution is 4.93. The zero-order chi connectivity index (χ0) is 15.3. The minimum Gasteiger partial charge on any atom is -0.381 e. The Balaban J connectivity index is 1.83. The lowest BCUT2D eigenvalue weighted by atomic mass is 9.67. The summed E-state index contributed by atoms with van der Waals surface area (Å²) in [6.07, 6.45) is 5.89. The number of hydrogen-bond acceptors (Lipinski definition) is 3. The van der Waals surface area contributed by atoms with Crippen molar-refractivity contribution in [2.24, 2.45) is 17.3 Å². The van der Waals surface area contributed by atoms with E-state index in [1.54, 1.807) is 0 Å². The smallest absolute Gasteiger partial charge is 0.0729 e. The molecule has 124 valence electrons. The molecule has 2 aliphatic heterocycles. The van der Waals surface area contributed by atoms with Crippen molar-refractivity contribution in [3.05, 3.63) is 0 Å². The third-order valence-corrected chi connectivity index (χ3v) is 5.50. The summed E-state index contributed by atoms with van der Waals surface area (Å²) in [5, 5.41) is 3.60. The molecule has 2 fully saturated rings. The fourth-order valence-electron chi connectivity index (χ4n) is 3.79. The number of rotatable bonds is 6. The average Bonchev–Trinajstić information content (AvgIpc) is 2.44. The van der Waals surface area contributed by atoms with Crippen LogP contribution in [0.2, 0.25) is 0 Å². The molecule has 3 heteroatoms. The molecule has 2 rings (SSSR count). The van der Waals surface area contributed by atoms with E-state index in [2.05, 4.69) is 33.0 Å². The minimum atomic E-state index is 0.129. The summed E-state index contributed by atoms with van der Waals surface area (Å²) in [5.74, 6) is 1.52. The lowest BCUT2D eigenvalue weighted by Gasteiger charge is -2.48. The second kappa shape index (κ2) is 7.43. The minimum absolute atomic E-state index is 0.129. The number of nitrogens with one attached hydrogen (secondary N) is 1. The van der Waals surface area contributed by atoms with Crippen molar-refractivity contribution >= 4 is 0 Å². The maximum atomic E-state index is 6.19. The Kier molecular flexibility index (Phi) is 6.10. The molecule has 0 aromatic rings. The highest BCUT2D eigenvalue weighted by atomic mass is 16.5. The third kappa shape index (κ3) is 4.94. The Morgan fingerprint density at radius 3 is 2.57 bits per heavy atom. The highest BCUT2D eigenvalue weighted by Crippen LogP contribution is 2.45. The van der Waals surface area contributed by atoms with E-state index < -0.39 is 0 Å². The van der Waals surface area contributed by atoms with Crippen LogP contribution in [0.5, 0.6) is 0 Å². The van der Waals surface area contributed by atoms with Crippen molar-refractivity contribution in [1.82, 2.24) is 5.32 Å². The molecule has 0 aromatic carbocycles. The second-order valence-corrected chi connectivity index (χ2v) is 8.17. The van der Waals surface area contributed by atoms with Gasteiger partial charge in [-0.25, -0.2) is 0 Å². The van der Waals surface area contributed by atoms with E-state index in [1.807, 2.05) is 0 Å². The van der Waals surface area contributed by atoms with Crippen LogP contribution >= 0.6 is 0 Å². The first-order valence-corrected chi connectivity index (χ1v) is 8.86. The first-order valence-electron chi connectivity index (χ1n) is 8.86. The van der Waals surface area contributed by atoms with Gasteiger partial charge >= 0.3 is 0 Å². The van der Waals surface area contributed by atoms with Gasteiger partial charge in [-0.15, -0.1) is 0 Å². The molecule has 2 heterocycles. The van der Waals surface area contributed by atoms with Gasteiger partial charge in [0.15, 0.2) is 0 Å². The molecule has 2 aliphatic rings. The summed E-state index contributed by atoms with van der Waals surface area (Å²) >= 11 is 0. The van der Waals surface area contributed by atoms with Crippen LogP contribution < -0.4 is 5.32 Å². The fourth-order valence-corrected chi connectivity index (χ4v) is 3.79. The van der Waals surface area contributed by atoms with Gasteiger partial charge in [0.2, 0.25) is 0 Å². The van der Waals surface area contributed by atoms with E-state index >= 15 is 0 Å². The normalized spacial score (nSPS) is 26.4. The summed E-state index contributed by atoms with van der Waals surface area (Å²) in [7, 11) is 0. The Morgan fingerprint density at radius 1 is 1.19 bits per heavy atom. The van der Waals surface area contributed by atoms with Gasteiger partial charge in [-0.2, -0.15) is 0 Å². The van der Waals surface area contributed by atoms with E-state index in [9.17, 15) is 0 Å². The molecular formula is C18H35NO2. The van der Waals surface area contributed by atoms with E-state index in [1.165, 1.54) is 19.3 Å². The standard InChI is InChI=1S/C18H35NO2/c1-15(2)14-19-9-6-17(3,4)16-5-10-21-18(13-16)7-11-20-12-8-18/h15-16,19H,5-14H2,1-4H3. The molecule has 3 nitrogen and oxygen atoms in total. The van der Waals surface area contributed by atoms with Crippen molar-refractivity contribution in [1.29, 1.82) is 0 Å². The van der Waals surface area contributed by atoms with Gasteiger partial charge in [0, 0.05) is 19.8 Å². The van der Waals surface area contributed by atoms with Crippen molar-refractivity contribution < 1.29 is 9.47 Å². The van der Waals surface area contributed by atoms with Crippen LogP contribution in [-0.4, -0.2) is 38.5 Å². The molecular weight excluding hydrogens is 262 g/mol. The predicted octanol–water partition coefficient (Wildman–Crippen LogP) is 3.62. The van der Waals surface area contributed by atoms with E-state index in [-0.39, 0.29) is 5.60 Å². The van der Waals surface area contributed by atoms with Gasteiger partial charge in [-0.05, 0) is 62.4 Å². The Morgan fingerprint density at radius 2 is 1.90 bits per heavy atom. The molecule has 0 radical (unpaired) electrons. The van der Waals surface area contributed by atoms with E-state index in [0.717, 1.165) is 57.6 Å². The largest absolute Gasteiger partial charge is 0.381 e. The Hall–Kier alpha value is -0.120. The molecule has 2 saturated heterocycles. The molecule has 1 atom stereocenters. The van der Waals surface area contributed by atoms with Gasteiger partial charge in [0.1, 0.15) is 0 Å². The van der Waals surface area contributed by atoms with Crippen molar-refractivity contribution in [2.45, 2.75) is 65.4 Å². The van der Waals surface area contributed by atoms with Crippen molar-refractivity contribution in [3.63, 3.8) is 0 Å². The Bertz CT molecular complexity index is 303. The zero-order valence-corrected chi connectivity index (χ0v) is 14.5. The molecule has 1 spiro atoms. The first kappa shape index (κ1) is 17.2. The van der Waals surface area contributed by atoms with Gasteiger partial charge in [-0.1, -0.05) is 27.7 Å². The third-order valence-electron chi connectivity index (χ3n) is 5.50. The SMILES string of the molecule is CC(C)CNCCC(C)(C)C1CCOC2(CCOCC2)C1. The lowest BCUT2D eigenvalue weighted by molar-refractivity contribution is -0.159. The van der Waals surface area contributed by atoms with Crippen LogP contribution in [0.4, 0.5) is 0 Å². The van der Waals surface area contributed by atoms with Crippen LogP contribution in [0.1, 0.15) is 59.8 Å². The molecule has 1 unspecified atom stereocenters. The van der Waals surface area contributed by atoms with E-state index in [4.69, 9.17) is 9.47 Å². The molecule has 21 heavy (non-hydrogen) atoms. The van der Waals surface area contributed by atoms with Gasteiger partial charge in [0.05, 0.1) is 5.60 Å². The monoisotopic (exact) mass is 297 g/mol. The second-order valence-electron chi connectivity index (χ2n) is 8.17. The molecule has 0 saturated carbocycles. The maximum absolute atomic E-state index is 6.19. The summed E-state index contributed by atoms with van der Waals surface area (Å²) in [4.78, 5) is 0. The summed E-state index contributed by atoms with van der Waals surface area (Å²) < 4.78 is 11.7. The molecule has 1 N–H and O–H groups in total. The first-order chi connectivity index (χ1) is 9.94. The van der Waals surface area contributed by atoms with Gasteiger partial charge in [0.25, 0.3) is 0 Å². The maximum Gasteiger partial charge on any atom is 0.0729 e. The number of hydrogen-bond donors (Lipinski definition) is 1. The lowest BCUT2D eigenvalue weighted by Crippen LogP contribution is -2.47. The fraction of sp³-hybridized carbons (Fsp3) is 1.00. The predicted molar refractivity (Wildman–Crippen MR) is 87.6 cm³/mol. The van der Waals surface area contributed by atoms with Crippen molar-refractivity contribution in [2.75, 3.05) is 32.9 Å². The van der Waals surface area contributed by atoms with Crippen molar-refractivity contribution in [3.8, 4) is 0 Å². The van der Waals surface area contributed by atoms with E-state index in [0.29, 0.717) is 5.41 Å². The van der Waals surface area contributed by atoms with Gasteiger partial charge in [-0.3, -0.25) is 0 Å². The quantitative estimate of drug-likeness (QED) is 0.760. The molecule has 0 aromatic heterocycles. The number of ether oxygens (including phenoxy) is 2. The average molecular weight is 297 g/mol. The molecule has 0 bridgehead atoms. The zero-order valence-electron chi connectivity index (χ0n) is 14.5. The van der Waals surface area contributed by atoms with Crippen LogP contribution in [0.3, 0.4) is 0 Å². The summed E-state index contributed by atoms with van der Waals surface area (Å²) in [5.41, 5.74) is 0.531. The highest BCUT2D eigenvalue weighted by Gasteiger charge is 2.43. The molecule has 0 amide bonds. The van der Waals surface area contributed by atoms with Crippen LogP contribution in [0.25, 0.3) is 0 Å². The van der Waals surface area contributed by atoms with Gasteiger partial charge < -0.3 is 14.8 Å². The topological polar surface area (TPSA) is 30.5 Å². The Labute approximate surface area is 131 Å². The van der Waals surface area contributed by atoms with Crippen LogP contribution in [0.15, 0.2) is 0 Å². The summed E-state index contributed by atoms with van der Waals surface area (Å²) in [6, 6.07) is 0. The van der Waals surface area contributed by atoms with Crippen LogP contribution in [0, 0.1) is 17.3 Å². The van der Waals surface area contributed by atoms with Crippen LogP contribution in [-0.2, 0) is 9.47 Å².